The van der Waals surface area contributed by atoms with Crippen molar-refractivity contribution >= 4 is 0 Å². The monoisotopic (exact) mass is 246 g/mol. The second kappa shape index (κ2) is 3.80. The first-order valence-electron chi connectivity index (χ1n) is 5.89. The molecule has 0 aliphatic heterocycles. The van der Waals surface area contributed by atoms with E-state index in [4.69, 9.17) is 4.74 Å². The quantitative estimate of drug-likeness (QED) is 0.654. The van der Waals surface area contributed by atoms with Crippen molar-refractivity contribution in [2.45, 2.75) is 13.8 Å². The van der Waals surface area contributed by atoms with Gasteiger partial charge >= 0.3 is 0 Å². The molecule has 92 valence electrons. The van der Waals surface area contributed by atoms with E-state index in [1.165, 1.54) is 6.07 Å². The minimum Gasteiger partial charge on any atom is -0.494 e. The second-order valence-corrected chi connectivity index (χ2v) is 4.38. The summed E-state index contributed by atoms with van der Waals surface area (Å²) in [5, 5.41) is 0. The van der Waals surface area contributed by atoms with Crippen LogP contribution in [0.4, 0.5) is 8.78 Å². The molecule has 2 aromatic rings. The highest BCUT2D eigenvalue weighted by Gasteiger charge is 2.30. The molecule has 3 heteroatoms. The molecule has 0 radical (unpaired) electrons. The number of benzene rings is 2. The molecule has 0 aromatic heterocycles. The van der Waals surface area contributed by atoms with Gasteiger partial charge in [0.15, 0.2) is 0 Å². The summed E-state index contributed by atoms with van der Waals surface area (Å²) in [7, 11) is 0. The number of halogens is 2. The Morgan fingerprint density at radius 3 is 2.56 bits per heavy atom. The number of rotatable bonds is 2. The highest BCUT2D eigenvalue weighted by molar-refractivity contribution is 6.03. The molecule has 0 N–H and O–H groups in total. The lowest BCUT2D eigenvalue weighted by Gasteiger charge is -2.26. The van der Waals surface area contributed by atoms with Crippen molar-refractivity contribution in [1.29, 1.82) is 0 Å². The molecule has 0 bridgehead atoms. The molecule has 1 aliphatic rings. The Kier molecular flexibility index (Phi) is 2.37. The molecular formula is C15H12F2O. The molecule has 0 saturated heterocycles. The van der Waals surface area contributed by atoms with Crippen molar-refractivity contribution in [3.63, 3.8) is 0 Å². The summed E-state index contributed by atoms with van der Waals surface area (Å²) in [6.07, 6.45) is 0. The molecular weight excluding hydrogens is 234 g/mol. The van der Waals surface area contributed by atoms with Crippen LogP contribution in [0.2, 0.25) is 0 Å². The summed E-state index contributed by atoms with van der Waals surface area (Å²) in [4.78, 5) is 0. The Morgan fingerprint density at radius 1 is 1.06 bits per heavy atom. The van der Waals surface area contributed by atoms with Crippen LogP contribution in [0.5, 0.6) is 5.75 Å². The van der Waals surface area contributed by atoms with Crippen molar-refractivity contribution < 1.29 is 13.5 Å². The zero-order chi connectivity index (χ0) is 12.9. The standard InChI is InChI=1S/C15H12F2O/c1-3-18-9-6-11-10-5-4-8(2)15(17)14(10)13(11)12(16)7-9/h4-7H,3H2,1-2H3. The molecule has 0 heterocycles. The third kappa shape index (κ3) is 1.37. The fourth-order valence-corrected chi connectivity index (χ4v) is 2.38. The Labute approximate surface area is 104 Å². The summed E-state index contributed by atoms with van der Waals surface area (Å²) >= 11 is 0. The summed E-state index contributed by atoms with van der Waals surface area (Å²) in [5.41, 5.74) is 2.79. The van der Waals surface area contributed by atoms with Crippen LogP contribution in [0, 0.1) is 18.6 Å². The smallest absolute Gasteiger partial charge is 0.135 e. The van der Waals surface area contributed by atoms with Crippen LogP contribution in [0.1, 0.15) is 12.5 Å². The van der Waals surface area contributed by atoms with Crippen LogP contribution in [-0.2, 0) is 0 Å². The van der Waals surface area contributed by atoms with E-state index in [0.29, 0.717) is 29.0 Å². The van der Waals surface area contributed by atoms with Gasteiger partial charge < -0.3 is 4.74 Å². The molecule has 0 spiro atoms. The first-order chi connectivity index (χ1) is 8.63. The van der Waals surface area contributed by atoms with Gasteiger partial charge in [-0.3, -0.25) is 0 Å². The number of ether oxygens (including phenoxy) is 1. The number of hydrogen-bond donors (Lipinski definition) is 0. The molecule has 2 aromatic carbocycles. The normalized spacial score (nSPS) is 11.6. The fourth-order valence-electron chi connectivity index (χ4n) is 2.38. The highest BCUT2D eigenvalue weighted by atomic mass is 19.1. The molecule has 0 atom stereocenters. The first kappa shape index (κ1) is 11.2. The van der Waals surface area contributed by atoms with E-state index < -0.39 is 5.82 Å². The van der Waals surface area contributed by atoms with E-state index in [-0.39, 0.29) is 5.82 Å². The van der Waals surface area contributed by atoms with Crippen molar-refractivity contribution in [2.75, 3.05) is 6.61 Å². The molecule has 0 saturated carbocycles. The van der Waals surface area contributed by atoms with Gasteiger partial charge in [-0.15, -0.1) is 0 Å². The lowest BCUT2D eigenvalue weighted by atomic mass is 9.79. The van der Waals surface area contributed by atoms with Gasteiger partial charge in [0.1, 0.15) is 17.4 Å². The maximum atomic E-state index is 14.0. The predicted octanol–water partition coefficient (Wildman–Crippen LogP) is 4.32. The van der Waals surface area contributed by atoms with Crippen LogP contribution in [0.25, 0.3) is 22.3 Å². The largest absolute Gasteiger partial charge is 0.494 e. The SMILES string of the molecule is CCOc1cc(F)c2c(c1)-c1ccc(C)c(F)c1-2. The molecule has 0 amide bonds. The number of aryl methyl sites for hydroxylation is 1. The van der Waals surface area contributed by atoms with E-state index in [1.807, 2.05) is 13.0 Å². The third-order valence-corrected chi connectivity index (χ3v) is 3.25. The minimum absolute atomic E-state index is 0.331. The summed E-state index contributed by atoms with van der Waals surface area (Å²) in [6.45, 7) is 4.00. The van der Waals surface area contributed by atoms with E-state index in [2.05, 4.69) is 0 Å². The van der Waals surface area contributed by atoms with Crippen LogP contribution in [-0.4, -0.2) is 6.61 Å². The topological polar surface area (TPSA) is 9.23 Å². The second-order valence-electron chi connectivity index (χ2n) is 4.38. The molecule has 0 fully saturated rings. The van der Waals surface area contributed by atoms with Gasteiger partial charge in [0.25, 0.3) is 0 Å². The number of fused-ring (bicyclic) bond motifs is 4. The summed E-state index contributed by atoms with van der Waals surface area (Å²) in [5.74, 6) is -0.267. The van der Waals surface area contributed by atoms with Crippen LogP contribution in [0.15, 0.2) is 24.3 Å². The highest BCUT2D eigenvalue weighted by Crippen LogP contribution is 2.51. The maximum absolute atomic E-state index is 14.0. The molecule has 0 unspecified atom stereocenters. The van der Waals surface area contributed by atoms with Gasteiger partial charge in [0.05, 0.1) is 6.61 Å². The van der Waals surface area contributed by atoms with E-state index in [0.717, 1.165) is 11.1 Å². The van der Waals surface area contributed by atoms with Gasteiger partial charge in [-0.25, -0.2) is 8.78 Å². The van der Waals surface area contributed by atoms with E-state index >= 15 is 0 Å². The Bertz CT molecular complexity index is 647. The Morgan fingerprint density at radius 2 is 1.83 bits per heavy atom. The Hall–Kier alpha value is -1.90. The van der Waals surface area contributed by atoms with E-state index in [9.17, 15) is 8.78 Å². The van der Waals surface area contributed by atoms with Gasteiger partial charge in [0, 0.05) is 17.2 Å². The Balaban J connectivity index is 2.19. The van der Waals surface area contributed by atoms with Crippen LogP contribution in [0.3, 0.4) is 0 Å². The van der Waals surface area contributed by atoms with Crippen molar-refractivity contribution in [3.05, 3.63) is 41.5 Å². The average molecular weight is 246 g/mol. The van der Waals surface area contributed by atoms with E-state index in [1.54, 1.807) is 19.1 Å². The van der Waals surface area contributed by atoms with Gasteiger partial charge in [-0.1, -0.05) is 12.1 Å². The zero-order valence-corrected chi connectivity index (χ0v) is 10.2. The van der Waals surface area contributed by atoms with Crippen LogP contribution < -0.4 is 4.74 Å². The lowest BCUT2D eigenvalue weighted by molar-refractivity contribution is 0.338. The van der Waals surface area contributed by atoms with Crippen molar-refractivity contribution in [1.82, 2.24) is 0 Å². The third-order valence-electron chi connectivity index (χ3n) is 3.25. The zero-order valence-electron chi connectivity index (χ0n) is 10.2. The molecule has 1 aliphatic carbocycles. The van der Waals surface area contributed by atoms with Crippen LogP contribution >= 0.6 is 0 Å². The summed E-state index contributed by atoms with van der Waals surface area (Å²) in [6, 6.07) is 6.61. The molecule has 1 nitrogen and oxygen atoms in total. The first-order valence-corrected chi connectivity index (χ1v) is 5.89. The fraction of sp³-hybridized carbons (Fsp3) is 0.200. The number of hydrogen-bond acceptors (Lipinski definition) is 1. The maximum Gasteiger partial charge on any atom is 0.135 e. The molecule has 3 rings (SSSR count). The van der Waals surface area contributed by atoms with Gasteiger partial charge in [-0.05, 0) is 36.6 Å². The van der Waals surface area contributed by atoms with Gasteiger partial charge in [0.2, 0.25) is 0 Å². The predicted molar refractivity (Wildman–Crippen MR) is 66.7 cm³/mol. The lowest BCUT2D eigenvalue weighted by Crippen LogP contribution is -2.07. The average Bonchev–Trinajstić information content (AvgIpc) is 2.30. The summed E-state index contributed by atoms with van der Waals surface area (Å²) < 4.78 is 33.2. The molecule has 18 heavy (non-hydrogen) atoms. The van der Waals surface area contributed by atoms with Crippen molar-refractivity contribution in [2.24, 2.45) is 0 Å². The van der Waals surface area contributed by atoms with Crippen molar-refractivity contribution in [3.8, 4) is 28.0 Å². The minimum atomic E-state index is -0.423. The van der Waals surface area contributed by atoms with Gasteiger partial charge in [-0.2, -0.15) is 0 Å².